The first-order chi connectivity index (χ1) is 35.4. The lowest BCUT2D eigenvalue weighted by molar-refractivity contribution is -0.216. The zero-order valence-corrected chi connectivity index (χ0v) is 45.2. The molecule has 9 N–H and O–H groups in total. The number of allylic oxidation sites excluding steroid dienone is 14. The first kappa shape index (κ1) is 68.6. The molecule has 0 amide bonds. The fraction of sp³-hybridized carbons (Fsp3) is 0.630. The second-order valence-corrected chi connectivity index (χ2v) is 20.5. The average Bonchev–Trinajstić information content (AvgIpc) is 3.35. The molecule has 422 valence electrons. The van der Waals surface area contributed by atoms with E-state index in [2.05, 4.69) is 47.9 Å². The van der Waals surface area contributed by atoms with E-state index in [4.69, 9.17) is 18.5 Å². The fourth-order valence-corrected chi connectivity index (χ4v) is 8.71. The van der Waals surface area contributed by atoms with Crippen molar-refractivity contribution in [3.05, 3.63) is 109 Å². The van der Waals surface area contributed by atoms with Crippen molar-refractivity contribution in [2.45, 2.75) is 204 Å². The van der Waals surface area contributed by atoms with Crippen molar-refractivity contribution in [1.82, 2.24) is 0 Å². The van der Waals surface area contributed by atoms with E-state index in [0.717, 1.165) is 64.2 Å². The van der Waals surface area contributed by atoms with Crippen molar-refractivity contribution < 1.29 is 87.1 Å². The van der Waals surface area contributed by atoms with Crippen LogP contribution in [0.25, 0.3) is 0 Å². The van der Waals surface area contributed by atoms with Crippen molar-refractivity contribution in [1.29, 1.82) is 0 Å². The predicted molar refractivity (Wildman–Crippen MR) is 285 cm³/mol. The SMILES string of the molecule is CC/C=C\C[C@@H](O)/C=C/C=C\C=C\[C@@H](O)C/C=C\C/C=C\CCC(=O)OC[C@H](COP(=O)(O)O[C@H]1C(O)C(O)C(O)[C@@H](OP(=O)(O)O)C1O)OC(=O)CCCCCCCC/C=C\C/C=C\C/C=C\CCCCCC. The number of unbranched alkanes of at least 4 members (excludes halogenated alkanes) is 10. The van der Waals surface area contributed by atoms with E-state index in [1.807, 2.05) is 37.3 Å². The van der Waals surface area contributed by atoms with Crippen LogP contribution in [0.2, 0.25) is 0 Å². The molecule has 0 spiro atoms. The lowest BCUT2D eigenvalue weighted by atomic mass is 9.85. The summed E-state index contributed by atoms with van der Waals surface area (Å²) in [4.78, 5) is 54.4. The zero-order valence-electron chi connectivity index (χ0n) is 43.4. The fourth-order valence-electron chi connectivity index (χ4n) is 7.17. The van der Waals surface area contributed by atoms with Crippen molar-refractivity contribution in [2.24, 2.45) is 0 Å². The van der Waals surface area contributed by atoms with Gasteiger partial charge in [0.25, 0.3) is 0 Å². The number of ether oxygens (including phenoxy) is 2. The lowest BCUT2D eigenvalue weighted by Crippen LogP contribution is -2.64. The molecule has 10 atom stereocenters. The molecule has 0 aromatic carbocycles. The second-order valence-electron chi connectivity index (χ2n) is 17.9. The van der Waals surface area contributed by atoms with Gasteiger partial charge in [-0.15, -0.1) is 0 Å². The summed E-state index contributed by atoms with van der Waals surface area (Å²) in [6, 6.07) is 0. The van der Waals surface area contributed by atoms with Gasteiger partial charge < -0.3 is 54.8 Å². The molecule has 1 aliphatic rings. The summed E-state index contributed by atoms with van der Waals surface area (Å²) >= 11 is 0. The summed E-state index contributed by atoms with van der Waals surface area (Å²) in [5.74, 6) is -1.40. The normalized spacial score (nSPS) is 22.3. The molecule has 18 nitrogen and oxygen atoms in total. The van der Waals surface area contributed by atoms with Crippen LogP contribution in [-0.4, -0.2) is 125 Å². The maximum atomic E-state index is 13.0. The van der Waals surface area contributed by atoms with E-state index in [1.54, 1.807) is 42.5 Å². The number of aliphatic hydroxyl groups is 6. The summed E-state index contributed by atoms with van der Waals surface area (Å²) < 4.78 is 49.4. The Morgan fingerprint density at radius 1 is 0.514 bits per heavy atom. The first-order valence-electron chi connectivity index (χ1n) is 26.1. The van der Waals surface area contributed by atoms with Gasteiger partial charge in [0.15, 0.2) is 6.10 Å². The van der Waals surface area contributed by atoms with Crippen LogP contribution in [0.4, 0.5) is 0 Å². The van der Waals surface area contributed by atoms with Gasteiger partial charge in [-0.2, -0.15) is 0 Å². The third kappa shape index (κ3) is 36.5. The van der Waals surface area contributed by atoms with Crippen molar-refractivity contribution in [3.8, 4) is 0 Å². The first-order valence-corrected chi connectivity index (χ1v) is 29.2. The Hall–Kier alpha value is -3.42. The Kier molecular flexibility index (Phi) is 39.5. The highest BCUT2D eigenvalue weighted by molar-refractivity contribution is 7.47. The van der Waals surface area contributed by atoms with Gasteiger partial charge >= 0.3 is 27.6 Å². The number of aliphatic hydroxyl groups excluding tert-OH is 6. The molecule has 1 aliphatic carbocycles. The maximum absolute atomic E-state index is 13.0. The highest BCUT2D eigenvalue weighted by Crippen LogP contribution is 2.49. The van der Waals surface area contributed by atoms with Crippen molar-refractivity contribution >= 4 is 27.6 Å². The van der Waals surface area contributed by atoms with E-state index < -0.39 is 95.7 Å². The molecule has 0 bridgehead atoms. The van der Waals surface area contributed by atoms with Gasteiger partial charge in [-0.25, -0.2) is 9.13 Å². The molecule has 0 aliphatic heterocycles. The van der Waals surface area contributed by atoms with Crippen molar-refractivity contribution in [3.63, 3.8) is 0 Å². The molecule has 20 heteroatoms. The van der Waals surface area contributed by atoms with E-state index in [9.17, 15) is 64.0 Å². The Balaban J connectivity index is 2.65. The molecule has 0 aromatic rings. The minimum absolute atomic E-state index is 0.0152. The average molecular weight is 1090 g/mol. The van der Waals surface area contributed by atoms with Crippen LogP contribution >= 0.6 is 15.6 Å². The smallest absolute Gasteiger partial charge is 0.462 e. The number of hydrogen-bond donors (Lipinski definition) is 9. The summed E-state index contributed by atoms with van der Waals surface area (Å²) in [5.41, 5.74) is 0. The standard InChI is InChI=1S/C54H88O18P2/c1-3-5-7-8-9-10-11-12-13-14-15-16-17-18-19-20-21-22-27-35-41-48(58)70-46(43-69-74(66,67)72-54-51(61)49(59)50(60)53(52(54)62)71-73(63,64)65)42-68-47(57)40-34-26-24-23-25-31-37-45(56)39-33-29-28-32-38-44(55)36-30-6-4-2/h6,10-11,13-14,16-17,24-26,28-33,38-39,44-46,49-56,59-62H,3-5,7-9,12,15,18-23,27,34-37,40-43H2,1-2H3,(H,66,67)(H2,63,64,65)/b11-10-,14-13-,17-16-,26-24-,29-28-,30-6-,31-25-,38-32+,39-33+/t44-,45+,46-,49?,50?,51?,52?,53-,54+/m1/s1. The van der Waals surface area contributed by atoms with Crippen LogP contribution in [0, 0.1) is 0 Å². The Bertz CT molecular complexity index is 1870. The number of phosphoric ester groups is 2. The molecule has 5 unspecified atom stereocenters. The topological polar surface area (TPSA) is 296 Å². The van der Waals surface area contributed by atoms with Crippen LogP contribution in [0.5, 0.6) is 0 Å². The van der Waals surface area contributed by atoms with E-state index >= 15 is 0 Å². The maximum Gasteiger partial charge on any atom is 0.472 e. The zero-order chi connectivity index (χ0) is 54.9. The Labute approximate surface area is 439 Å². The van der Waals surface area contributed by atoms with Gasteiger partial charge in [-0.1, -0.05) is 168 Å². The Morgan fingerprint density at radius 2 is 1.00 bits per heavy atom. The molecule has 1 fully saturated rings. The largest absolute Gasteiger partial charge is 0.472 e. The number of carbonyl (C=O) groups excluding carboxylic acids is 2. The summed E-state index contributed by atoms with van der Waals surface area (Å²) in [6.07, 6.45) is 35.2. The van der Waals surface area contributed by atoms with Gasteiger partial charge in [0.05, 0.1) is 18.8 Å². The van der Waals surface area contributed by atoms with Gasteiger partial charge in [0.2, 0.25) is 0 Å². The number of esters is 2. The molecule has 1 rings (SSSR count). The summed E-state index contributed by atoms with van der Waals surface area (Å²) in [5, 5.41) is 61.4. The van der Waals surface area contributed by atoms with Gasteiger partial charge in [-0.05, 0) is 77.0 Å². The van der Waals surface area contributed by atoms with E-state index in [1.165, 1.54) is 25.7 Å². The Morgan fingerprint density at radius 3 is 1.55 bits per heavy atom. The van der Waals surface area contributed by atoms with Crippen LogP contribution in [0.1, 0.15) is 149 Å². The lowest BCUT2D eigenvalue weighted by Gasteiger charge is -2.43. The van der Waals surface area contributed by atoms with Crippen LogP contribution in [-0.2, 0) is 41.8 Å². The van der Waals surface area contributed by atoms with E-state index in [0.29, 0.717) is 25.7 Å². The predicted octanol–water partition coefficient (Wildman–Crippen LogP) is 8.84. The van der Waals surface area contributed by atoms with E-state index in [-0.39, 0.29) is 19.3 Å². The van der Waals surface area contributed by atoms with Crippen LogP contribution in [0.15, 0.2) is 109 Å². The highest BCUT2D eigenvalue weighted by Gasteiger charge is 2.54. The minimum atomic E-state index is -5.40. The molecule has 1 saturated carbocycles. The molecule has 0 heterocycles. The monoisotopic (exact) mass is 1090 g/mol. The van der Waals surface area contributed by atoms with Gasteiger partial charge in [0.1, 0.15) is 43.2 Å². The van der Waals surface area contributed by atoms with Crippen LogP contribution in [0.3, 0.4) is 0 Å². The third-order valence-electron chi connectivity index (χ3n) is 11.3. The molecular weight excluding hydrogens is 999 g/mol. The van der Waals surface area contributed by atoms with Crippen LogP contribution < -0.4 is 0 Å². The minimum Gasteiger partial charge on any atom is -0.462 e. The summed E-state index contributed by atoms with van der Waals surface area (Å²) in [7, 11) is -10.8. The number of carbonyl (C=O) groups is 2. The van der Waals surface area contributed by atoms with Gasteiger partial charge in [-0.3, -0.25) is 23.2 Å². The molecule has 74 heavy (non-hydrogen) atoms. The third-order valence-corrected chi connectivity index (χ3v) is 12.8. The van der Waals surface area contributed by atoms with Gasteiger partial charge in [0, 0.05) is 12.8 Å². The number of phosphoric acid groups is 2. The quantitative estimate of drug-likeness (QED) is 0.00906. The molecular formula is C54H88O18P2. The highest BCUT2D eigenvalue weighted by atomic mass is 31.2. The molecule has 0 aromatic heterocycles. The van der Waals surface area contributed by atoms with Crippen molar-refractivity contribution in [2.75, 3.05) is 13.2 Å². The summed E-state index contributed by atoms with van der Waals surface area (Å²) in [6.45, 7) is 2.75. The number of hydrogen-bond acceptors (Lipinski definition) is 15. The molecule has 0 saturated heterocycles. The molecule has 0 radical (unpaired) electrons. The number of rotatable bonds is 42. The second kappa shape index (κ2) is 42.7.